The molecule has 3 aromatic rings. The Balaban J connectivity index is 1.92. The van der Waals surface area contributed by atoms with Gasteiger partial charge >= 0.3 is 0 Å². The molecule has 0 saturated carbocycles. The van der Waals surface area contributed by atoms with Gasteiger partial charge in [0.2, 0.25) is 5.91 Å². The van der Waals surface area contributed by atoms with Gasteiger partial charge in [-0.3, -0.25) is 14.3 Å². The quantitative estimate of drug-likeness (QED) is 0.688. The van der Waals surface area contributed by atoms with Crippen LogP contribution in [0.4, 0.5) is 0 Å². The number of aromatic nitrogens is 2. The summed E-state index contributed by atoms with van der Waals surface area (Å²) in [5.74, 6) is -0.629. The number of halogens is 1. The van der Waals surface area contributed by atoms with Gasteiger partial charge in [0.1, 0.15) is 5.69 Å². The summed E-state index contributed by atoms with van der Waals surface area (Å²) in [6.07, 6.45) is 1.69. The van der Waals surface area contributed by atoms with E-state index in [-0.39, 0.29) is 18.4 Å². The Morgan fingerprint density at radius 1 is 1.07 bits per heavy atom. The number of nitrogens with zero attached hydrogens (tertiary/aromatic N) is 2. The molecule has 3 rings (SSSR count). The van der Waals surface area contributed by atoms with Crippen LogP contribution in [0.25, 0.3) is 11.3 Å². The first-order valence-corrected chi connectivity index (χ1v) is 8.80. The number of carbonyl (C=O) groups is 2. The van der Waals surface area contributed by atoms with Gasteiger partial charge in [0.25, 0.3) is 5.91 Å². The predicted molar refractivity (Wildman–Crippen MR) is 105 cm³/mol. The molecule has 0 spiro atoms. The van der Waals surface area contributed by atoms with Crippen LogP contribution in [0.2, 0.25) is 5.02 Å². The van der Waals surface area contributed by atoms with Crippen LogP contribution in [0, 0.1) is 0 Å². The zero-order valence-electron chi connectivity index (χ0n) is 14.8. The van der Waals surface area contributed by atoms with E-state index < -0.39 is 0 Å². The Morgan fingerprint density at radius 3 is 2.44 bits per heavy atom. The highest BCUT2D eigenvalue weighted by Crippen LogP contribution is 2.24. The molecule has 7 heteroatoms. The van der Waals surface area contributed by atoms with Gasteiger partial charge in [-0.1, -0.05) is 54.1 Å². The molecule has 0 unspecified atom stereocenters. The maximum Gasteiger partial charge on any atom is 0.255 e. The number of hydrogen-bond acceptors (Lipinski definition) is 3. The summed E-state index contributed by atoms with van der Waals surface area (Å²) in [5, 5.41) is 10.3. The Bertz CT molecular complexity index is 936. The number of rotatable bonds is 6. The van der Waals surface area contributed by atoms with E-state index in [1.807, 2.05) is 42.5 Å². The lowest BCUT2D eigenvalue weighted by atomic mass is 10.1. The molecule has 6 nitrogen and oxygen atoms in total. The predicted octanol–water partition coefficient (Wildman–Crippen LogP) is 2.73. The normalized spacial score (nSPS) is 10.4. The average molecular weight is 383 g/mol. The summed E-state index contributed by atoms with van der Waals surface area (Å²) in [7, 11) is 1.52. The third-order valence-electron chi connectivity index (χ3n) is 4.00. The smallest absolute Gasteiger partial charge is 0.255 e. The van der Waals surface area contributed by atoms with Crippen molar-refractivity contribution in [2.45, 2.75) is 6.54 Å². The molecule has 0 radical (unpaired) electrons. The Kier molecular flexibility index (Phi) is 5.88. The monoisotopic (exact) mass is 382 g/mol. The molecule has 0 aliphatic carbocycles. The van der Waals surface area contributed by atoms with E-state index in [2.05, 4.69) is 15.7 Å². The molecular formula is C20H19ClN4O2. The fourth-order valence-corrected chi connectivity index (χ4v) is 2.73. The van der Waals surface area contributed by atoms with Crippen molar-refractivity contribution in [3.63, 3.8) is 0 Å². The van der Waals surface area contributed by atoms with Crippen molar-refractivity contribution in [2.75, 3.05) is 13.6 Å². The lowest BCUT2D eigenvalue weighted by molar-refractivity contribution is -0.119. The zero-order chi connectivity index (χ0) is 19.2. The van der Waals surface area contributed by atoms with Crippen LogP contribution in [0.5, 0.6) is 0 Å². The highest BCUT2D eigenvalue weighted by Gasteiger charge is 2.18. The maximum atomic E-state index is 12.6. The van der Waals surface area contributed by atoms with Gasteiger partial charge in [-0.15, -0.1) is 0 Å². The molecule has 1 heterocycles. The van der Waals surface area contributed by atoms with Crippen molar-refractivity contribution >= 4 is 23.4 Å². The molecule has 0 saturated heterocycles. The highest BCUT2D eigenvalue weighted by molar-refractivity contribution is 6.30. The van der Waals surface area contributed by atoms with Gasteiger partial charge < -0.3 is 10.6 Å². The summed E-state index contributed by atoms with van der Waals surface area (Å²) < 4.78 is 1.72. The number of amides is 2. The van der Waals surface area contributed by atoms with Crippen molar-refractivity contribution in [1.29, 1.82) is 0 Å². The van der Waals surface area contributed by atoms with E-state index in [0.29, 0.717) is 22.8 Å². The third kappa shape index (κ3) is 4.74. The van der Waals surface area contributed by atoms with Gasteiger partial charge in [-0.25, -0.2) is 0 Å². The first-order valence-electron chi connectivity index (χ1n) is 8.43. The second kappa shape index (κ2) is 8.51. The van der Waals surface area contributed by atoms with E-state index in [1.165, 1.54) is 7.05 Å². The number of carbonyl (C=O) groups excluding carboxylic acids is 2. The molecule has 27 heavy (non-hydrogen) atoms. The second-order valence-electron chi connectivity index (χ2n) is 5.94. The number of likely N-dealkylation sites (N-methyl/N-ethyl adjacent to an activating group) is 1. The fourth-order valence-electron chi connectivity index (χ4n) is 2.60. The van der Waals surface area contributed by atoms with Crippen LogP contribution in [0.1, 0.15) is 15.9 Å². The zero-order valence-corrected chi connectivity index (χ0v) is 15.5. The first kappa shape index (κ1) is 18.7. The molecule has 0 aliphatic rings. The van der Waals surface area contributed by atoms with Gasteiger partial charge in [-0.05, 0) is 17.7 Å². The van der Waals surface area contributed by atoms with Crippen molar-refractivity contribution in [2.24, 2.45) is 0 Å². The SMILES string of the molecule is CNC(=O)CNC(=O)c1cn(Cc2ccccc2)nc1-c1ccc(Cl)cc1. The average Bonchev–Trinajstić information content (AvgIpc) is 3.11. The van der Waals surface area contributed by atoms with Gasteiger partial charge in [0, 0.05) is 23.8 Å². The molecule has 2 N–H and O–H groups in total. The van der Waals surface area contributed by atoms with Gasteiger partial charge in [-0.2, -0.15) is 5.10 Å². The van der Waals surface area contributed by atoms with E-state index in [4.69, 9.17) is 11.6 Å². The lowest BCUT2D eigenvalue weighted by Gasteiger charge is -2.04. The molecule has 2 aromatic carbocycles. The number of nitrogens with one attached hydrogen (secondary N) is 2. The van der Waals surface area contributed by atoms with Crippen molar-refractivity contribution in [3.8, 4) is 11.3 Å². The van der Waals surface area contributed by atoms with E-state index in [0.717, 1.165) is 11.1 Å². The van der Waals surface area contributed by atoms with Crippen LogP contribution >= 0.6 is 11.6 Å². The Morgan fingerprint density at radius 2 is 1.78 bits per heavy atom. The van der Waals surface area contributed by atoms with Crippen LogP contribution in [-0.4, -0.2) is 35.2 Å². The molecule has 0 atom stereocenters. The standard InChI is InChI=1S/C20H19ClN4O2/c1-22-18(26)11-23-20(27)17-13-25(12-14-5-3-2-4-6-14)24-19(17)15-7-9-16(21)10-8-15/h2-10,13H,11-12H2,1H3,(H,22,26)(H,23,27). The molecule has 0 fully saturated rings. The molecule has 0 bridgehead atoms. The van der Waals surface area contributed by atoms with Crippen molar-refractivity contribution in [3.05, 3.63) is 76.9 Å². The number of benzene rings is 2. The Hall–Kier alpha value is -3.12. The molecule has 0 aliphatic heterocycles. The first-order chi connectivity index (χ1) is 13.1. The fraction of sp³-hybridized carbons (Fsp3) is 0.150. The van der Waals surface area contributed by atoms with Crippen molar-refractivity contribution in [1.82, 2.24) is 20.4 Å². The van der Waals surface area contributed by atoms with Crippen LogP contribution in [0.15, 0.2) is 60.8 Å². The van der Waals surface area contributed by atoms with Gasteiger partial charge in [0.15, 0.2) is 0 Å². The van der Waals surface area contributed by atoms with E-state index in [1.54, 1.807) is 23.0 Å². The summed E-state index contributed by atoms with van der Waals surface area (Å²) in [4.78, 5) is 24.0. The summed E-state index contributed by atoms with van der Waals surface area (Å²) in [6.45, 7) is 0.434. The van der Waals surface area contributed by atoms with Gasteiger partial charge in [0.05, 0.1) is 18.7 Å². The Labute approximate surface area is 162 Å². The molecule has 2 amide bonds. The van der Waals surface area contributed by atoms with Crippen LogP contribution in [0.3, 0.4) is 0 Å². The topological polar surface area (TPSA) is 76.0 Å². The largest absolute Gasteiger partial charge is 0.358 e. The van der Waals surface area contributed by atoms with Crippen LogP contribution in [-0.2, 0) is 11.3 Å². The minimum Gasteiger partial charge on any atom is -0.358 e. The second-order valence-corrected chi connectivity index (χ2v) is 6.37. The minimum atomic E-state index is -0.358. The molecule has 1 aromatic heterocycles. The summed E-state index contributed by atoms with van der Waals surface area (Å²) in [6, 6.07) is 17.0. The highest BCUT2D eigenvalue weighted by atomic mass is 35.5. The molecular weight excluding hydrogens is 364 g/mol. The van der Waals surface area contributed by atoms with E-state index in [9.17, 15) is 9.59 Å². The molecule has 138 valence electrons. The lowest BCUT2D eigenvalue weighted by Crippen LogP contribution is -2.35. The maximum absolute atomic E-state index is 12.6. The van der Waals surface area contributed by atoms with E-state index >= 15 is 0 Å². The minimum absolute atomic E-state index is 0.0980. The third-order valence-corrected chi connectivity index (χ3v) is 4.25. The summed E-state index contributed by atoms with van der Waals surface area (Å²) in [5.41, 5.74) is 2.78. The summed E-state index contributed by atoms with van der Waals surface area (Å²) >= 11 is 5.97. The van der Waals surface area contributed by atoms with Crippen molar-refractivity contribution < 1.29 is 9.59 Å². The van der Waals surface area contributed by atoms with Crippen LogP contribution < -0.4 is 10.6 Å². The number of hydrogen-bond donors (Lipinski definition) is 2.